The van der Waals surface area contributed by atoms with Gasteiger partial charge in [0.05, 0.1) is 12.2 Å². The van der Waals surface area contributed by atoms with Gasteiger partial charge in [0.15, 0.2) is 6.61 Å². The van der Waals surface area contributed by atoms with Crippen molar-refractivity contribution in [3.63, 3.8) is 0 Å². The molecule has 5 rings (SSSR count). The first-order chi connectivity index (χ1) is 13.8. The van der Waals surface area contributed by atoms with Gasteiger partial charge in [0.25, 0.3) is 5.91 Å². The van der Waals surface area contributed by atoms with Crippen molar-refractivity contribution >= 4 is 17.8 Å². The van der Waals surface area contributed by atoms with Crippen molar-refractivity contribution in [2.75, 3.05) is 26.2 Å². The van der Waals surface area contributed by atoms with Crippen LogP contribution < -0.4 is 5.32 Å². The molecular weight excluding hydrogens is 372 g/mol. The summed E-state index contributed by atoms with van der Waals surface area (Å²) in [6, 6.07) is 0. The first-order valence-electron chi connectivity index (χ1n) is 11.2. The van der Waals surface area contributed by atoms with Gasteiger partial charge in [-0.1, -0.05) is 0 Å². The Labute approximate surface area is 172 Å². The smallest absolute Gasteiger partial charge is 0.325 e. The van der Waals surface area contributed by atoms with Crippen LogP contribution in [0.4, 0.5) is 0 Å². The van der Waals surface area contributed by atoms with Crippen LogP contribution in [0, 0.1) is 23.2 Å². The third kappa shape index (κ3) is 4.93. The van der Waals surface area contributed by atoms with Crippen LogP contribution in [0.3, 0.4) is 0 Å². The first kappa shape index (κ1) is 20.6. The second-order valence-electron chi connectivity index (χ2n) is 10.1. The molecule has 4 saturated carbocycles. The maximum Gasteiger partial charge on any atom is 0.325 e. The average Bonchev–Trinajstić information content (AvgIpc) is 2.62. The number of rotatable bonds is 6. The highest BCUT2D eigenvalue weighted by atomic mass is 16.5. The second-order valence-corrected chi connectivity index (χ2v) is 10.1. The van der Waals surface area contributed by atoms with Crippen LogP contribution in [0.25, 0.3) is 0 Å². The molecule has 2 atom stereocenters. The Balaban J connectivity index is 1.17. The fraction of sp³-hybridized carbons (Fsp3) is 0.864. The fourth-order valence-corrected chi connectivity index (χ4v) is 6.75. The maximum atomic E-state index is 12.5. The van der Waals surface area contributed by atoms with E-state index in [-0.39, 0.29) is 42.6 Å². The summed E-state index contributed by atoms with van der Waals surface area (Å²) in [5.74, 6) is 1.56. The Morgan fingerprint density at radius 2 is 1.55 bits per heavy atom. The van der Waals surface area contributed by atoms with Crippen molar-refractivity contribution < 1.29 is 23.9 Å². The van der Waals surface area contributed by atoms with Crippen molar-refractivity contribution in [3.8, 4) is 0 Å². The second kappa shape index (κ2) is 8.25. The van der Waals surface area contributed by atoms with Crippen molar-refractivity contribution in [2.24, 2.45) is 23.2 Å². The zero-order valence-corrected chi connectivity index (χ0v) is 17.7. The standard InChI is InChI=1S/C22H34N2O5/c1-14-11-24(12-15(2)29-14)20(26)13-28-21(27)10-23-19(25)9-22-6-16-3-17(7-22)5-18(4-16)8-22/h14-18H,3-13H2,1-2H3,(H,23,25)/t14-,15-,16?,17?,18?,22?/m1/s1. The van der Waals surface area contributed by atoms with Crippen LogP contribution in [0.2, 0.25) is 0 Å². The Morgan fingerprint density at radius 1 is 1.00 bits per heavy atom. The molecule has 1 N–H and O–H groups in total. The minimum absolute atomic E-state index is 0.0257. The van der Waals surface area contributed by atoms with Gasteiger partial charge in [-0.05, 0) is 75.5 Å². The zero-order valence-electron chi connectivity index (χ0n) is 17.7. The zero-order chi connectivity index (χ0) is 20.6. The van der Waals surface area contributed by atoms with E-state index in [9.17, 15) is 14.4 Å². The van der Waals surface area contributed by atoms with Gasteiger partial charge < -0.3 is 19.7 Å². The molecule has 0 spiro atoms. The van der Waals surface area contributed by atoms with Gasteiger partial charge in [-0.3, -0.25) is 14.4 Å². The predicted octanol–water partition coefficient (Wildman–Crippen LogP) is 1.89. The molecule has 0 unspecified atom stereocenters. The van der Waals surface area contributed by atoms with E-state index in [2.05, 4.69) is 5.32 Å². The summed E-state index contributed by atoms with van der Waals surface area (Å²) in [6.45, 7) is 4.38. The molecule has 162 valence electrons. The van der Waals surface area contributed by atoms with E-state index in [1.807, 2.05) is 13.8 Å². The van der Waals surface area contributed by atoms with E-state index in [0.29, 0.717) is 19.5 Å². The molecule has 5 fully saturated rings. The molecule has 0 aromatic heterocycles. The fourth-order valence-electron chi connectivity index (χ4n) is 6.75. The van der Waals surface area contributed by atoms with E-state index >= 15 is 0 Å². The summed E-state index contributed by atoms with van der Waals surface area (Å²) in [7, 11) is 0. The lowest BCUT2D eigenvalue weighted by atomic mass is 9.49. The molecule has 0 aromatic rings. The van der Waals surface area contributed by atoms with Gasteiger partial charge in [-0.25, -0.2) is 0 Å². The van der Waals surface area contributed by atoms with Gasteiger partial charge >= 0.3 is 5.97 Å². The lowest BCUT2D eigenvalue weighted by Gasteiger charge is -2.56. The van der Waals surface area contributed by atoms with Gasteiger partial charge in [0.1, 0.15) is 6.54 Å². The third-order valence-corrected chi connectivity index (χ3v) is 7.26. The summed E-state index contributed by atoms with van der Waals surface area (Å²) in [4.78, 5) is 38.4. The number of carbonyl (C=O) groups excluding carboxylic acids is 3. The molecule has 0 aromatic carbocycles. The average molecular weight is 407 g/mol. The summed E-state index contributed by atoms with van der Waals surface area (Å²) in [6.07, 6.45) is 8.02. The molecule has 5 aliphatic rings. The number of nitrogens with zero attached hydrogens (tertiary/aromatic N) is 1. The molecule has 7 heteroatoms. The summed E-state index contributed by atoms with van der Waals surface area (Å²) in [5.41, 5.74) is 0.155. The summed E-state index contributed by atoms with van der Waals surface area (Å²) < 4.78 is 10.7. The number of ether oxygens (including phenoxy) is 2. The number of hydrogen-bond donors (Lipinski definition) is 1. The summed E-state index contributed by atoms with van der Waals surface area (Å²) in [5, 5.41) is 2.72. The van der Waals surface area contributed by atoms with Gasteiger partial charge in [0, 0.05) is 19.5 Å². The number of esters is 1. The number of carbonyl (C=O) groups is 3. The molecule has 0 radical (unpaired) electrons. The van der Waals surface area contributed by atoms with E-state index in [1.165, 1.54) is 38.5 Å². The van der Waals surface area contributed by atoms with E-state index in [4.69, 9.17) is 9.47 Å². The normalized spacial score (nSPS) is 38.0. The van der Waals surface area contributed by atoms with Crippen molar-refractivity contribution in [1.29, 1.82) is 0 Å². The molecular formula is C22H34N2O5. The molecule has 29 heavy (non-hydrogen) atoms. The molecule has 1 saturated heterocycles. The lowest BCUT2D eigenvalue weighted by molar-refractivity contribution is -0.157. The highest BCUT2D eigenvalue weighted by Gasteiger charge is 2.51. The number of nitrogens with one attached hydrogen (secondary N) is 1. The van der Waals surface area contributed by atoms with Gasteiger partial charge in [-0.2, -0.15) is 0 Å². The molecule has 1 heterocycles. The van der Waals surface area contributed by atoms with Crippen LogP contribution in [-0.2, 0) is 23.9 Å². The minimum Gasteiger partial charge on any atom is -0.454 e. The Hall–Kier alpha value is -1.63. The highest BCUT2D eigenvalue weighted by Crippen LogP contribution is 2.61. The van der Waals surface area contributed by atoms with Crippen LogP contribution in [-0.4, -0.2) is 61.1 Å². The molecule has 4 aliphatic carbocycles. The van der Waals surface area contributed by atoms with Crippen molar-refractivity contribution in [3.05, 3.63) is 0 Å². The predicted molar refractivity (Wildman–Crippen MR) is 106 cm³/mol. The monoisotopic (exact) mass is 406 g/mol. The SMILES string of the molecule is C[C@@H]1CN(C(=O)COC(=O)CNC(=O)CC23CC4CC(CC(C4)C2)C3)C[C@@H](C)O1. The van der Waals surface area contributed by atoms with Crippen LogP contribution >= 0.6 is 0 Å². The lowest BCUT2D eigenvalue weighted by Crippen LogP contribution is -2.49. The molecule has 1 aliphatic heterocycles. The summed E-state index contributed by atoms with van der Waals surface area (Å²) >= 11 is 0. The van der Waals surface area contributed by atoms with E-state index in [0.717, 1.165) is 17.8 Å². The Kier molecular flexibility index (Phi) is 5.87. The van der Waals surface area contributed by atoms with Crippen LogP contribution in [0.15, 0.2) is 0 Å². The Morgan fingerprint density at radius 3 is 2.10 bits per heavy atom. The Bertz CT molecular complexity index is 618. The number of hydrogen-bond acceptors (Lipinski definition) is 5. The molecule has 2 amide bonds. The van der Waals surface area contributed by atoms with Crippen molar-refractivity contribution in [1.82, 2.24) is 10.2 Å². The van der Waals surface area contributed by atoms with Crippen LogP contribution in [0.5, 0.6) is 0 Å². The van der Waals surface area contributed by atoms with Crippen molar-refractivity contribution in [2.45, 2.75) is 71.0 Å². The first-order valence-corrected chi connectivity index (χ1v) is 11.2. The quantitative estimate of drug-likeness (QED) is 0.681. The largest absolute Gasteiger partial charge is 0.454 e. The third-order valence-electron chi connectivity index (χ3n) is 7.26. The maximum absolute atomic E-state index is 12.5. The molecule has 4 bridgehead atoms. The number of morpholine rings is 1. The van der Waals surface area contributed by atoms with E-state index in [1.54, 1.807) is 4.90 Å². The van der Waals surface area contributed by atoms with Crippen LogP contribution in [0.1, 0.15) is 58.8 Å². The highest BCUT2D eigenvalue weighted by molar-refractivity contribution is 5.84. The number of amides is 2. The molecule has 7 nitrogen and oxygen atoms in total. The van der Waals surface area contributed by atoms with Gasteiger partial charge in [-0.15, -0.1) is 0 Å². The van der Waals surface area contributed by atoms with E-state index < -0.39 is 5.97 Å². The van der Waals surface area contributed by atoms with Gasteiger partial charge in [0.2, 0.25) is 5.91 Å². The topological polar surface area (TPSA) is 84.9 Å². The minimum atomic E-state index is -0.563.